The van der Waals surface area contributed by atoms with E-state index in [0.29, 0.717) is 5.75 Å². The van der Waals surface area contributed by atoms with E-state index < -0.39 is 0 Å². The van der Waals surface area contributed by atoms with Crippen LogP contribution < -0.4 is 10.6 Å². The first-order chi connectivity index (χ1) is 19.0. The highest BCUT2D eigenvalue weighted by atomic mass is 32.2. The average Bonchev–Trinajstić information content (AvgIpc) is 2.88. The van der Waals surface area contributed by atoms with E-state index in [0.717, 1.165) is 35.9 Å². The van der Waals surface area contributed by atoms with Gasteiger partial charge in [0, 0.05) is 28.3 Å². The first kappa shape index (κ1) is 35.6. The minimum Gasteiger partial charge on any atom is -0.507 e. The van der Waals surface area contributed by atoms with Gasteiger partial charge < -0.3 is 10.4 Å². The van der Waals surface area contributed by atoms with Crippen LogP contribution in [0.4, 0.5) is 5.69 Å². The standard InChI is InChI=1S/C33H62N4OS2/c1-9-11-13-15-17-19-21-39-36-25-34-31(37(26-36)40-22-20-18-16-14-12-10-2)35-27-23-28(32(3,4)5)30(38)29(24-27)33(6,7)8/h23-24,31,34-35,38H,9-22,25-26H2,1-8H3. The molecule has 1 saturated heterocycles. The number of rotatable bonds is 18. The summed E-state index contributed by atoms with van der Waals surface area (Å²) in [6, 6.07) is 4.31. The van der Waals surface area contributed by atoms with Crippen molar-refractivity contribution in [1.29, 1.82) is 0 Å². The van der Waals surface area contributed by atoms with Crippen molar-refractivity contribution in [2.75, 3.05) is 30.2 Å². The lowest BCUT2D eigenvalue weighted by Gasteiger charge is -2.41. The Balaban J connectivity index is 2.07. The monoisotopic (exact) mass is 594 g/mol. The first-order valence-electron chi connectivity index (χ1n) is 16.1. The van der Waals surface area contributed by atoms with Crippen LogP contribution in [-0.2, 0) is 10.8 Å². The third kappa shape index (κ3) is 12.7. The highest BCUT2D eigenvalue weighted by molar-refractivity contribution is 7.97. The second kappa shape index (κ2) is 18.1. The quantitative estimate of drug-likeness (QED) is 0.0888. The van der Waals surface area contributed by atoms with E-state index in [2.05, 4.69) is 86.8 Å². The molecule has 1 heterocycles. The van der Waals surface area contributed by atoms with Gasteiger partial charge in [-0.15, -0.1) is 0 Å². The van der Waals surface area contributed by atoms with Crippen molar-refractivity contribution in [2.45, 2.75) is 150 Å². The van der Waals surface area contributed by atoms with Crippen LogP contribution in [0.25, 0.3) is 0 Å². The summed E-state index contributed by atoms with van der Waals surface area (Å²) in [6.45, 7) is 19.4. The molecule has 0 spiro atoms. The molecule has 0 bridgehead atoms. The molecule has 0 radical (unpaired) electrons. The Morgan fingerprint density at radius 3 is 1.75 bits per heavy atom. The van der Waals surface area contributed by atoms with Gasteiger partial charge in [-0.1, -0.05) is 143 Å². The Labute approximate surface area is 256 Å². The number of benzene rings is 1. The average molecular weight is 595 g/mol. The van der Waals surface area contributed by atoms with Gasteiger partial charge in [0.1, 0.15) is 12.0 Å². The maximum absolute atomic E-state index is 11.2. The van der Waals surface area contributed by atoms with Gasteiger partial charge in [0.2, 0.25) is 0 Å². The van der Waals surface area contributed by atoms with E-state index in [1.165, 1.54) is 82.8 Å². The second-order valence-corrected chi connectivity index (χ2v) is 15.9. The summed E-state index contributed by atoms with van der Waals surface area (Å²) in [5.74, 6) is 2.79. The predicted molar refractivity (Wildman–Crippen MR) is 181 cm³/mol. The zero-order chi connectivity index (χ0) is 29.6. The van der Waals surface area contributed by atoms with Gasteiger partial charge >= 0.3 is 0 Å². The van der Waals surface area contributed by atoms with Crippen molar-refractivity contribution >= 4 is 29.6 Å². The fourth-order valence-corrected chi connectivity index (χ4v) is 7.16. The maximum atomic E-state index is 11.2. The molecule has 0 aliphatic carbocycles. The van der Waals surface area contributed by atoms with Crippen LogP contribution in [0, 0.1) is 0 Å². The fourth-order valence-electron chi connectivity index (χ4n) is 5.06. The summed E-state index contributed by atoms with van der Waals surface area (Å²) in [5, 5.41) is 18.8. The normalized spacial score (nSPS) is 17.4. The summed E-state index contributed by atoms with van der Waals surface area (Å²) in [6.07, 6.45) is 16.1. The zero-order valence-electron chi connectivity index (χ0n) is 27.2. The van der Waals surface area contributed by atoms with Crippen molar-refractivity contribution in [1.82, 2.24) is 13.9 Å². The second-order valence-electron chi connectivity index (χ2n) is 13.6. The molecule has 7 heteroatoms. The van der Waals surface area contributed by atoms with Gasteiger partial charge in [0.05, 0.1) is 13.3 Å². The number of nitrogens with zero attached hydrogens (tertiary/aromatic N) is 2. The number of phenolic OH excluding ortho intramolecular Hbond substituents is 1. The summed E-state index contributed by atoms with van der Waals surface area (Å²) in [5.41, 5.74) is 2.79. The first-order valence-corrected chi connectivity index (χ1v) is 18.0. The highest BCUT2D eigenvalue weighted by Crippen LogP contribution is 2.41. The lowest BCUT2D eigenvalue weighted by molar-refractivity contribution is 0.176. The molecular formula is C33H62N4OS2. The molecule has 1 aromatic rings. The molecule has 1 atom stereocenters. The number of phenols is 1. The lowest BCUT2D eigenvalue weighted by atomic mass is 9.79. The molecule has 232 valence electrons. The van der Waals surface area contributed by atoms with Crippen LogP contribution in [0.15, 0.2) is 12.1 Å². The summed E-state index contributed by atoms with van der Waals surface area (Å²) in [7, 11) is 0. The topological polar surface area (TPSA) is 50.8 Å². The van der Waals surface area contributed by atoms with E-state index >= 15 is 0 Å². The van der Waals surface area contributed by atoms with Crippen LogP contribution in [0.2, 0.25) is 0 Å². The Bertz CT molecular complexity index is 802. The Kier molecular flexibility index (Phi) is 16.2. The van der Waals surface area contributed by atoms with E-state index in [9.17, 15) is 5.11 Å². The molecule has 1 unspecified atom stereocenters. The molecular weight excluding hydrogens is 533 g/mol. The molecule has 1 fully saturated rings. The summed E-state index contributed by atoms with van der Waals surface area (Å²) in [4.78, 5) is 0. The van der Waals surface area contributed by atoms with Crippen molar-refractivity contribution in [3.05, 3.63) is 23.3 Å². The number of hydrogen-bond acceptors (Lipinski definition) is 7. The van der Waals surface area contributed by atoms with E-state index in [1.807, 2.05) is 23.9 Å². The van der Waals surface area contributed by atoms with Crippen LogP contribution in [-0.4, -0.2) is 44.8 Å². The van der Waals surface area contributed by atoms with E-state index in [4.69, 9.17) is 0 Å². The number of anilines is 1. The van der Waals surface area contributed by atoms with Crippen LogP contribution >= 0.6 is 23.9 Å². The SMILES string of the molecule is CCCCCCCCSN1CNC(Nc2cc(C(C)(C)C)c(O)c(C(C)(C)C)c2)N(SCCCCCCCC)C1. The molecule has 40 heavy (non-hydrogen) atoms. The van der Waals surface area contributed by atoms with Crippen molar-refractivity contribution in [2.24, 2.45) is 0 Å². The van der Waals surface area contributed by atoms with Crippen molar-refractivity contribution in [3.63, 3.8) is 0 Å². The molecule has 0 amide bonds. The Morgan fingerprint density at radius 2 is 1.25 bits per heavy atom. The van der Waals surface area contributed by atoms with Gasteiger partial charge in [-0.2, -0.15) is 0 Å². The molecule has 3 N–H and O–H groups in total. The number of unbranched alkanes of at least 4 members (excludes halogenated alkanes) is 10. The van der Waals surface area contributed by atoms with E-state index in [-0.39, 0.29) is 17.1 Å². The molecule has 0 aromatic heterocycles. The van der Waals surface area contributed by atoms with Crippen molar-refractivity contribution in [3.8, 4) is 5.75 Å². The minimum atomic E-state index is -0.141. The number of nitrogens with one attached hydrogen (secondary N) is 2. The van der Waals surface area contributed by atoms with Crippen LogP contribution in [0.1, 0.15) is 144 Å². The van der Waals surface area contributed by atoms with Gasteiger partial charge in [-0.25, -0.2) is 8.61 Å². The fraction of sp³-hybridized carbons (Fsp3) is 0.818. The zero-order valence-corrected chi connectivity index (χ0v) is 28.8. The van der Waals surface area contributed by atoms with Gasteiger partial charge in [0.25, 0.3) is 0 Å². The lowest BCUT2D eigenvalue weighted by Crippen LogP contribution is -2.58. The number of aromatic hydroxyl groups is 1. The van der Waals surface area contributed by atoms with Gasteiger partial charge in [0.15, 0.2) is 0 Å². The molecule has 1 aromatic carbocycles. The van der Waals surface area contributed by atoms with Gasteiger partial charge in [-0.05, 0) is 35.8 Å². The highest BCUT2D eigenvalue weighted by Gasteiger charge is 2.30. The molecule has 1 aliphatic rings. The molecule has 5 nitrogen and oxygen atoms in total. The van der Waals surface area contributed by atoms with Gasteiger partial charge in [-0.3, -0.25) is 5.32 Å². The summed E-state index contributed by atoms with van der Waals surface area (Å²) < 4.78 is 4.97. The van der Waals surface area contributed by atoms with Crippen LogP contribution in [0.5, 0.6) is 5.75 Å². The molecule has 0 saturated carbocycles. The summed E-state index contributed by atoms with van der Waals surface area (Å²) >= 11 is 3.97. The third-order valence-corrected chi connectivity index (χ3v) is 9.81. The largest absolute Gasteiger partial charge is 0.507 e. The number of hydrogen-bond donors (Lipinski definition) is 3. The molecule has 1 aliphatic heterocycles. The predicted octanol–water partition coefficient (Wildman–Crippen LogP) is 9.82. The van der Waals surface area contributed by atoms with Crippen molar-refractivity contribution < 1.29 is 5.11 Å². The third-order valence-electron chi connectivity index (χ3n) is 7.60. The minimum absolute atomic E-state index is 0.0427. The van der Waals surface area contributed by atoms with E-state index in [1.54, 1.807) is 0 Å². The maximum Gasteiger partial charge on any atom is 0.146 e. The Hall–Kier alpha value is -0.600. The van der Waals surface area contributed by atoms with Crippen LogP contribution in [0.3, 0.4) is 0 Å². The Morgan fingerprint density at radius 1 is 0.775 bits per heavy atom. The molecule has 2 rings (SSSR count). The smallest absolute Gasteiger partial charge is 0.146 e.